The molecule has 2 saturated heterocycles. The van der Waals surface area contributed by atoms with E-state index in [1.54, 1.807) is 25.1 Å². The highest BCUT2D eigenvalue weighted by Gasteiger charge is 2.25. The predicted octanol–water partition coefficient (Wildman–Crippen LogP) is 5.49. The molecule has 0 radical (unpaired) electrons. The molecule has 0 spiro atoms. The molecule has 0 saturated carbocycles. The predicted molar refractivity (Wildman–Crippen MR) is 170 cm³/mol. The van der Waals surface area contributed by atoms with E-state index in [0.717, 1.165) is 31.9 Å². The van der Waals surface area contributed by atoms with Crippen LogP contribution in [0, 0.1) is 11.6 Å². The van der Waals surface area contributed by atoms with Crippen LogP contribution in [-0.4, -0.2) is 83.4 Å². The number of rotatable bonds is 8. The van der Waals surface area contributed by atoms with Crippen LogP contribution in [0.3, 0.4) is 0 Å². The lowest BCUT2D eigenvalue weighted by Gasteiger charge is -2.35. The number of nitrogens with zero attached hydrogens (tertiary/aromatic N) is 4. The minimum absolute atomic E-state index is 0.152. The van der Waals surface area contributed by atoms with Crippen molar-refractivity contribution < 1.29 is 18.7 Å². The van der Waals surface area contributed by atoms with Crippen LogP contribution >= 0.6 is 0 Å². The zero-order chi connectivity index (χ0) is 31.1. The minimum Gasteiger partial charge on any atom is -0.390 e. The summed E-state index contributed by atoms with van der Waals surface area (Å²) in [5.41, 5.74) is 3.18. The van der Waals surface area contributed by atoms with Crippen LogP contribution in [0.4, 0.5) is 20.3 Å². The number of carbonyl (C=O) groups excluding carboxylic acids is 1. The number of likely N-dealkylation sites (tertiary alicyclic amines) is 1. The van der Waals surface area contributed by atoms with Crippen molar-refractivity contribution in [2.45, 2.75) is 39.8 Å². The lowest BCUT2D eigenvalue weighted by molar-refractivity contribution is -0.00294. The Balaban J connectivity index is 0.00000135. The molecule has 8 nitrogen and oxygen atoms in total. The highest BCUT2D eigenvalue weighted by molar-refractivity contribution is 6.05. The van der Waals surface area contributed by atoms with Gasteiger partial charge in [-0.25, -0.2) is 8.78 Å². The van der Waals surface area contributed by atoms with Gasteiger partial charge in [-0.15, -0.1) is 0 Å². The van der Waals surface area contributed by atoms with E-state index in [-0.39, 0.29) is 23.4 Å². The third-order valence-electron chi connectivity index (χ3n) is 7.47. The summed E-state index contributed by atoms with van der Waals surface area (Å²) in [6.45, 7) is 14.8. The third-order valence-corrected chi connectivity index (χ3v) is 7.47. The Morgan fingerprint density at radius 1 is 1.12 bits per heavy atom. The van der Waals surface area contributed by atoms with E-state index in [9.17, 15) is 9.90 Å². The summed E-state index contributed by atoms with van der Waals surface area (Å²) in [4.78, 5) is 19.6. The van der Waals surface area contributed by atoms with Crippen LogP contribution in [-0.2, 0) is 6.54 Å². The topological polar surface area (TPSA) is 87.7 Å². The Labute approximate surface area is 252 Å². The fourth-order valence-corrected chi connectivity index (χ4v) is 5.14. The molecule has 10 heteroatoms. The quantitative estimate of drug-likeness (QED) is 0.321. The number of nitrogens with one attached hydrogen (secondary N) is 2. The third kappa shape index (κ3) is 7.95. The Hall–Kier alpha value is -3.86. The summed E-state index contributed by atoms with van der Waals surface area (Å²) in [5.74, 6) is -1.48. The molecule has 2 fully saturated rings. The van der Waals surface area contributed by atoms with Crippen LogP contribution in [0.1, 0.15) is 59.9 Å². The molecule has 2 aromatic carbocycles. The Morgan fingerprint density at radius 3 is 2.28 bits per heavy atom. The summed E-state index contributed by atoms with van der Waals surface area (Å²) in [5, 5.41) is 19.3. The first-order valence-corrected chi connectivity index (χ1v) is 14.8. The van der Waals surface area contributed by atoms with Crippen molar-refractivity contribution in [2.75, 3.05) is 56.5 Å². The number of β-amino-alcohol motifs (C(OH)–C–C–N with tert-alkyl or cyclic N) is 1. The van der Waals surface area contributed by atoms with E-state index >= 15 is 8.78 Å². The smallest absolute Gasteiger partial charge is 0.256 e. The van der Waals surface area contributed by atoms with E-state index in [0.29, 0.717) is 47.6 Å². The number of aliphatic hydroxyl groups excluding tert-OH is 1. The highest BCUT2D eigenvalue weighted by Crippen LogP contribution is 2.30. The summed E-state index contributed by atoms with van der Waals surface area (Å²) in [6, 6.07) is 10.1. The summed E-state index contributed by atoms with van der Waals surface area (Å²) >= 11 is 0. The molecule has 2 aliphatic heterocycles. The number of aromatic nitrogens is 2. The molecule has 1 amide bonds. The second kappa shape index (κ2) is 14.5. The van der Waals surface area contributed by atoms with Crippen molar-refractivity contribution in [3.8, 4) is 0 Å². The molecule has 3 heterocycles. The van der Waals surface area contributed by atoms with E-state index in [2.05, 4.69) is 52.8 Å². The SMILES string of the molecule is C=Cc1[nH]nc(NC(=O)c2ccc(N3CCN(C)CC3)cc2)c1/C=C(\C)c1c(F)cc(CN2CC(O)C2)cc1F.CCC. The van der Waals surface area contributed by atoms with Gasteiger partial charge in [-0.3, -0.25) is 14.8 Å². The van der Waals surface area contributed by atoms with Crippen molar-refractivity contribution in [3.05, 3.63) is 82.6 Å². The van der Waals surface area contributed by atoms with Crippen LogP contribution < -0.4 is 10.2 Å². The Morgan fingerprint density at radius 2 is 1.72 bits per heavy atom. The number of benzene rings is 2. The number of carbonyl (C=O) groups is 1. The van der Waals surface area contributed by atoms with Gasteiger partial charge in [0, 0.05) is 68.2 Å². The number of piperazine rings is 1. The number of hydrogen-bond acceptors (Lipinski definition) is 6. The highest BCUT2D eigenvalue weighted by atomic mass is 19.1. The maximum Gasteiger partial charge on any atom is 0.256 e. The normalized spacial score (nSPS) is 16.3. The first-order valence-electron chi connectivity index (χ1n) is 14.8. The van der Waals surface area contributed by atoms with Gasteiger partial charge in [-0.05, 0) is 73.7 Å². The van der Waals surface area contributed by atoms with Gasteiger partial charge in [-0.2, -0.15) is 5.10 Å². The summed E-state index contributed by atoms with van der Waals surface area (Å²) in [7, 11) is 2.11. The number of amides is 1. The maximum atomic E-state index is 15.1. The van der Waals surface area contributed by atoms with E-state index in [4.69, 9.17) is 0 Å². The molecule has 230 valence electrons. The van der Waals surface area contributed by atoms with Crippen LogP contribution in [0.5, 0.6) is 0 Å². The number of H-pyrrole nitrogens is 1. The number of aromatic amines is 1. The van der Waals surface area contributed by atoms with Crippen molar-refractivity contribution >= 4 is 35.1 Å². The van der Waals surface area contributed by atoms with E-state index < -0.39 is 11.6 Å². The lowest BCUT2D eigenvalue weighted by atomic mass is 10.00. The van der Waals surface area contributed by atoms with E-state index in [1.165, 1.54) is 24.6 Å². The number of halogens is 2. The zero-order valence-corrected chi connectivity index (χ0v) is 25.5. The zero-order valence-electron chi connectivity index (χ0n) is 25.5. The molecule has 3 N–H and O–H groups in total. The second-order valence-electron chi connectivity index (χ2n) is 11.2. The van der Waals surface area contributed by atoms with Gasteiger partial charge in [-0.1, -0.05) is 26.8 Å². The number of likely N-dealkylation sites (N-methyl/N-ethyl adjacent to an activating group) is 1. The molecule has 0 aliphatic carbocycles. The second-order valence-corrected chi connectivity index (χ2v) is 11.2. The van der Waals surface area contributed by atoms with Crippen molar-refractivity contribution in [2.24, 2.45) is 0 Å². The molecular formula is C33H42F2N6O2. The molecule has 0 atom stereocenters. The largest absolute Gasteiger partial charge is 0.390 e. The molecular weight excluding hydrogens is 550 g/mol. The summed E-state index contributed by atoms with van der Waals surface area (Å²) in [6.07, 6.45) is 3.98. The molecule has 0 bridgehead atoms. The Kier molecular flexibility index (Phi) is 10.8. The van der Waals surface area contributed by atoms with Gasteiger partial charge in [0.05, 0.1) is 11.8 Å². The molecule has 2 aliphatic rings. The van der Waals surface area contributed by atoms with Gasteiger partial charge in [0.15, 0.2) is 5.82 Å². The van der Waals surface area contributed by atoms with Gasteiger partial charge in [0.1, 0.15) is 11.6 Å². The van der Waals surface area contributed by atoms with Crippen molar-refractivity contribution in [1.82, 2.24) is 20.0 Å². The average Bonchev–Trinajstić information content (AvgIpc) is 3.33. The molecule has 43 heavy (non-hydrogen) atoms. The molecule has 3 aromatic rings. The maximum absolute atomic E-state index is 15.1. The van der Waals surface area contributed by atoms with Gasteiger partial charge in [0.25, 0.3) is 5.91 Å². The first kappa shape index (κ1) is 32.1. The van der Waals surface area contributed by atoms with Gasteiger partial charge in [0.2, 0.25) is 0 Å². The monoisotopic (exact) mass is 592 g/mol. The number of hydrogen-bond donors (Lipinski definition) is 3. The first-order chi connectivity index (χ1) is 20.6. The van der Waals surface area contributed by atoms with Crippen LogP contribution in [0.15, 0.2) is 43.0 Å². The van der Waals surface area contributed by atoms with Crippen molar-refractivity contribution in [3.63, 3.8) is 0 Å². The summed E-state index contributed by atoms with van der Waals surface area (Å²) < 4.78 is 30.1. The fraction of sp³-hybridized carbons (Fsp3) is 0.394. The minimum atomic E-state index is -0.681. The number of aliphatic hydroxyl groups is 1. The standard InChI is InChI=1S/C30H34F2N6O2.C3H8/c1-4-27-24(13-19(2)28-25(31)14-20(15-26(28)32)16-37-17-23(39)18-37)29(35-34-27)33-30(40)21-5-7-22(8-6-21)38-11-9-36(3)10-12-38;1-3-2/h4-8,13-15,23,39H,1,9-12,16-18H2,2-3H3,(H2,33,34,35,40);3H2,1-2H3/b19-13+;. The number of allylic oxidation sites excluding steroid dienone is 1. The van der Waals surface area contributed by atoms with E-state index in [1.807, 2.05) is 17.0 Å². The van der Waals surface area contributed by atoms with Gasteiger partial charge >= 0.3 is 0 Å². The van der Waals surface area contributed by atoms with Crippen LogP contribution in [0.2, 0.25) is 0 Å². The molecule has 0 unspecified atom stereocenters. The Bertz CT molecular complexity index is 1420. The lowest BCUT2D eigenvalue weighted by Crippen LogP contribution is -2.49. The van der Waals surface area contributed by atoms with Crippen molar-refractivity contribution in [1.29, 1.82) is 0 Å². The average molecular weight is 593 g/mol. The molecule has 1 aromatic heterocycles. The number of anilines is 2. The fourth-order valence-electron chi connectivity index (χ4n) is 5.14. The van der Waals surface area contributed by atoms with Crippen LogP contribution in [0.25, 0.3) is 17.7 Å². The molecule has 5 rings (SSSR count). The van der Waals surface area contributed by atoms with Gasteiger partial charge < -0.3 is 20.2 Å².